The summed E-state index contributed by atoms with van der Waals surface area (Å²) < 4.78 is 0. The summed E-state index contributed by atoms with van der Waals surface area (Å²) in [4.78, 5) is 0. The Morgan fingerprint density at radius 3 is 1.94 bits per heavy atom. The molecule has 1 N–H and O–H groups in total. The van der Waals surface area contributed by atoms with Gasteiger partial charge in [0, 0.05) is 11.0 Å². The molecule has 0 aromatic heterocycles. The van der Waals surface area contributed by atoms with Crippen molar-refractivity contribution in [3.8, 4) is 5.75 Å². The summed E-state index contributed by atoms with van der Waals surface area (Å²) in [6.45, 7) is 4.24. The molecule has 0 spiro atoms. The number of phenols is 1. The Morgan fingerprint density at radius 2 is 1.35 bits per heavy atom. The fourth-order valence-corrected chi connectivity index (χ4v) is 2.01. The third-order valence-corrected chi connectivity index (χ3v) is 3.07. The molecular formula is C15H18BaO. The van der Waals surface area contributed by atoms with Gasteiger partial charge in [-0.2, -0.15) is 0 Å². The van der Waals surface area contributed by atoms with Gasteiger partial charge in [-0.25, -0.2) is 0 Å². The Balaban J connectivity index is 0.00000144. The molecular weight excluding hydrogens is 333 g/mol. The number of rotatable bonds is 2. The molecule has 86 valence electrons. The first-order valence-corrected chi connectivity index (χ1v) is 5.46. The van der Waals surface area contributed by atoms with Crippen LogP contribution in [0, 0.1) is 0 Å². The topological polar surface area (TPSA) is 20.2 Å². The summed E-state index contributed by atoms with van der Waals surface area (Å²) in [5.41, 5.74) is 1.99. The average molecular weight is 352 g/mol. The van der Waals surface area contributed by atoms with Crippen molar-refractivity contribution in [2.24, 2.45) is 0 Å². The van der Waals surface area contributed by atoms with Gasteiger partial charge in [-0.3, -0.25) is 0 Å². The summed E-state index contributed by atoms with van der Waals surface area (Å²) in [6.07, 6.45) is 0. The number of para-hydroxylation sites is 1. The maximum absolute atomic E-state index is 9.91. The van der Waals surface area contributed by atoms with E-state index in [1.165, 1.54) is 5.56 Å². The van der Waals surface area contributed by atoms with Gasteiger partial charge in [-0.1, -0.05) is 62.4 Å². The Hall–Kier alpha value is -0.189. The molecule has 0 aliphatic rings. The molecule has 0 heterocycles. The molecule has 0 radical (unpaired) electrons. The summed E-state index contributed by atoms with van der Waals surface area (Å²) in [7, 11) is 0. The van der Waals surface area contributed by atoms with Crippen molar-refractivity contribution in [1.29, 1.82) is 0 Å². The standard InChI is InChI=1S/C15H16O.Ba.2H/c1-15(2,12-8-4-3-5-9-12)13-10-6-7-11-14(13)16;;;/h3-11,16H,1-2H3;;;. The summed E-state index contributed by atoms with van der Waals surface area (Å²) in [6, 6.07) is 17.7. The van der Waals surface area contributed by atoms with Gasteiger partial charge >= 0.3 is 48.9 Å². The van der Waals surface area contributed by atoms with Crippen LogP contribution in [0.15, 0.2) is 54.6 Å². The van der Waals surface area contributed by atoms with Crippen LogP contribution >= 0.6 is 0 Å². The predicted octanol–water partition coefficient (Wildman–Crippen LogP) is 2.80. The van der Waals surface area contributed by atoms with Gasteiger partial charge in [0.15, 0.2) is 0 Å². The fraction of sp³-hybridized carbons (Fsp3) is 0.200. The number of aromatic hydroxyl groups is 1. The van der Waals surface area contributed by atoms with Gasteiger partial charge in [0.25, 0.3) is 0 Å². The first-order valence-electron chi connectivity index (χ1n) is 5.46. The van der Waals surface area contributed by atoms with Crippen molar-refractivity contribution in [1.82, 2.24) is 0 Å². The van der Waals surface area contributed by atoms with Crippen molar-refractivity contribution >= 4 is 48.9 Å². The second-order valence-electron chi connectivity index (χ2n) is 4.51. The van der Waals surface area contributed by atoms with E-state index in [0.29, 0.717) is 5.75 Å². The molecule has 2 aromatic carbocycles. The fourth-order valence-electron chi connectivity index (χ4n) is 2.01. The van der Waals surface area contributed by atoms with Gasteiger partial charge < -0.3 is 5.11 Å². The van der Waals surface area contributed by atoms with Crippen molar-refractivity contribution in [2.45, 2.75) is 19.3 Å². The molecule has 0 fully saturated rings. The molecule has 0 aliphatic heterocycles. The number of phenolic OH excluding ortho intramolecular Hbond substituents is 1. The van der Waals surface area contributed by atoms with Crippen molar-refractivity contribution in [2.75, 3.05) is 0 Å². The molecule has 0 aliphatic carbocycles. The molecule has 0 saturated carbocycles. The molecule has 0 atom stereocenters. The Morgan fingerprint density at radius 1 is 0.824 bits per heavy atom. The zero-order valence-electron chi connectivity index (χ0n) is 9.64. The minimum atomic E-state index is -0.174. The molecule has 2 aromatic rings. The predicted molar refractivity (Wildman–Crippen MR) is 75.2 cm³/mol. The van der Waals surface area contributed by atoms with Gasteiger partial charge in [0.2, 0.25) is 0 Å². The summed E-state index contributed by atoms with van der Waals surface area (Å²) >= 11 is 0. The van der Waals surface area contributed by atoms with Crippen LogP contribution in [0.4, 0.5) is 0 Å². The number of benzene rings is 2. The summed E-state index contributed by atoms with van der Waals surface area (Å²) in [5.74, 6) is 0.358. The van der Waals surface area contributed by atoms with Gasteiger partial charge in [0.05, 0.1) is 0 Å². The quantitative estimate of drug-likeness (QED) is 0.825. The van der Waals surface area contributed by atoms with E-state index in [2.05, 4.69) is 26.0 Å². The van der Waals surface area contributed by atoms with Crippen molar-refractivity contribution < 1.29 is 5.11 Å². The van der Waals surface area contributed by atoms with Gasteiger partial charge in [-0.15, -0.1) is 0 Å². The molecule has 0 unspecified atom stereocenters. The average Bonchev–Trinajstić information content (AvgIpc) is 2.30. The number of hydrogen-bond donors (Lipinski definition) is 1. The second kappa shape index (κ2) is 6.12. The van der Waals surface area contributed by atoms with Crippen LogP contribution in [0.2, 0.25) is 0 Å². The van der Waals surface area contributed by atoms with E-state index in [0.717, 1.165) is 5.56 Å². The number of hydrogen-bond acceptors (Lipinski definition) is 1. The zero-order valence-corrected chi connectivity index (χ0v) is 9.64. The van der Waals surface area contributed by atoms with Crippen LogP contribution in [-0.4, -0.2) is 54.0 Å². The van der Waals surface area contributed by atoms with Gasteiger partial charge in [-0.05, 0) is 11.6 Å². The normalized spacial score (nSPS) is 10.7. The first kappa shape index (κ1) is 14.9. The zero-order chi connectivity index (χ0) is 11.6. The molecule has 0 amide bonds. The van der Waals surface area contributed by atoms with Crippen LogP contribution < -0.4 is 0 Å². The molecule has 0 saturated heterocycles. The van der Waals surface area contributed by atoms with Crippen LogP contribution in [0.1, 0.15) is 25.0 Å². The third kappa shape index (κ3) is 3.18. The molecule has 1 nitrogen and oxygen atoms in total. The second-order valence-corrected chi connectivity index (χ2v) is 4.51. The van der Waals surface area contributed by atoms with E-state index in [1.807, 2.05) is 36.4 Å². The SMILES string of the molecule is CC(C)(c1ccccc1)c1ccccc1O.[BaH2]. The Kier molecular flexibility index (Phi) is 5.35. The van der Waals surface area contributed by atoms with E-state index in [1.54, 1.807) is 6.07 Å². The minimum absolute atomic E-state index is 0. The van der Waals surface area contributed by atoms with Crippen LogP contribution in [0.3, 0.4) is 0 Å². The molecule has 0 bridgehead atoms. The van der Waals surface area contributed by atoms with Crippen LogP contribution in [0.25, 0.3) is 0 Å². The van der Waals surface area contributed by atoms with Crippen molar-refractivity contribution in [3.05, 3.63) is 65.7 Å². The van der Waals surface area contributed by atoms with E-state index in [-0.39, 0.29) is 54.3 Å². The van der Waals surface area contributed by atoms with E-state index >= 15 is 0 Å². The van der Waals surface area contributed by atoms with E-state index < -0.39 is 0 Å². The first-order chi connectivity index (χ1) is 7.62. The Bertz CT molecular complexity index is 477. The van der Waals surface area contributed by atoms with E-state index in [4.69, 9.17) is 0 Å². The van der Waals surface area contributed by atoms with Crippen LogP contribution in [-0.2, 0) is 5.41 Å². The van der Waals surface area contributed by atoms with Gasteiger partial charge in [0.1, 0.15) is 5.75 Å². The van der Waals surface area contributed by atoms with Crippen LogP contribution in [0.5, 0.6) is 5.75 Å². The van der Waals surface area contributed by atoms with Crippen molar-refractivity contribution in [3.63, 3.8) is 0 Å². The monoisotopic (exact) mass is 352 g/mol. The Labute approximate surface area is 143 Å². The van der Waals surface area contributed by atoms with E-state index in [9.17, 15) is 5.11 Å². The third-order valence-electron chi connectivity index (χ3n) is 3.07. The summed E-state index contributed by atoms with van der Waals surface area (Å²) in [5, 5.41) is 9.91. The molecule has 17 heavy (non-hydrogen) atoms. The maximum atomic E-state index is 9.91. The molecule has 2 rings (SSSR count). The molecule has 2 heteroatoms.